The van der Waals surface area contributed by atoms with Crippen LogP contribution in [-0.4, -0.2) is 58.7 Å². The van der Waals surface area contributed by atoms with Crippen molar-refractivity contribution in [3.8, 4) is 6.07 Å². The topological polar surface area (TPSA) is 125 Å². The molecular formula is C31H35FN6O3S. The van der Waals surface area contributed by atoms with Crippen molar-refractivity contribution < 1.29 is 18.7 Å². The number of ether oxygens (including phenoxy) is 1. The third kappa shape index (κ3) is 5.02. The number of nitrogen functional groups attached to an aromatic ring is 1. The van der Waals surface area contributed by atoms with Gasteiger partial charge in [-0.3, -0.25) is 9.69 Å². The Morgan fingerprint density at radius 2 is 1.90 bits per heavy atom. The molecule has 220 valence electrons. The Kier molecular flexibility index (Phi) is 7.00. The number of benzene rings is 1. The van der Waals surface area contributed by atoms with Gasteiger partial charge in [0.1, 0.15) is 27.2 Å². The number of anilines is 2. The van der Waals surface area contributed by atoms with E-state index >= 15 is 4.39 Å². The predicted octanol–water partition coefficient (Wildman–Crippen LogP) is 5.07. The molecule has 2 aliphatic heterocycles. The van der Waals surface area contributed by atoms with Gasteiger partial charge in [-0.25, -0.2) is 14.2 Å². The molecule has 1 aromatic carbocycles. The van der Waals surface area contributed by atoms with Crippen LogP contribution in [-0.2, 0) is 17.6 Å². The minimum Gasteiger partial charge on any atom is -0.444 e. The Hall–Kier alpha value is -3.91. The summed E-state index contributed by atoms with van der Waals surface area (Å²) >= 11 is 1.25. The van der Waals surface area contributed by atoms with E-state index in [1.807, 2.05) is 44.7 Å². The first kappa shape index (κ1) is 28.2. The number of carbonyl (C=O) groups excluding carboxylic acids is 2. The zero-order valence-electron chi connectivity index (χ0n) is 24.3. The van der Waals surface area contributed by atoms with E-state index in [-0.39, 0.29) is 35.9 Å². The minimum atomic E-state index is -0.582. The highest BCUT2D eigenvalue weighted by atomic mass is 32.1. The average Bonchev–Trinajstić information content (AvgIpc) is 3.39. The van der Waals surface area contributed by atoms with Crippen LogP contribution in [0.4, 0.5) is 20.6 Å². The lowest BCUT2D eigenvalue weighted by atomic mass is 9.84. The van der Waals surface area contributed by atoms with Gasteiger partial charge in [0.15, 0.2) is 0 Å². The van der Waals surface area contributed by atoms with Crippen molar-refractivity contribution in [3.63, 3.8) is 0 Å². The molecule has 42 heavy (non-hydrogen) atoms. The molecule has 2 unspecified atom stereocenters. The molecule has 1 aliphatic carbocycles. The van der Waals surface area contributed by atoms with Crippen LogP contribution in [0, 0.1) is 24.1 Å². The second kappa shape index (κ2) is 10.4. The number of nitriles is 1. The van der Waals surface area contributed by atoms with Crippen LogP contribution in [0.1, 0.15) is 72.1 Å². The normalized spacial score (nSPS) is 21.7. The van der Waals surface area contributed by atoms with E-state index in [1.54, 1.807) is 0 Å². The molecule has 2 fully saturated rings. The summed E-state index contributed by atoms with van der Waals surface area (Å²) in [6.07, 6.45) is 2.72. The lowest BCUT2D eigenvalue weighted by Gasteiger charge is -2.43. The van der Waals surface area contributed by atoms with E-state index < -0.39 is 5.60 Å². The van der Waals surface area contributed by atoms with E-state index in [1.165, 1.54) is 17.4 Å². The van der Waals surface area contributed by atoms with Crippen molar-refractivity contribution >= 4 is 44.9 Å². The highest BCUT2D eigenvalue weighted by Gasteiger charge is 2.45. The number of rotatable bonds is 3. The summed E-state index contributed by atoms with van der Waals surface area (Å²) in [5.41, 5.74) is 9.19. The van der Waals surface area contributed by atoms with Crippen LogP contribution in [0.25, 0.3) is 10.2 Å². The Bertz CT molecular complexity index is 1630. The Labute approximate surface area is 248 Å². The molecule has 11 heteroatoms. The number of hydrogen-bond donors (Lipinski definition) is 2. The van der Waals surface area contributed by atoms with Crippen molar-refractivity contribution in [3.05, 3.63) is 51.3 Å². The fourth-order valence-electron chi connectivity index (χ4n) is 6.61. The van der Waals surface area contributed by atoms with Gasteiger partial charge in [0.25, 0.3) is 5.91 Å². The fraction of sp³-hybridized carbons (Fsp3) is 0.484. The summed E-state index contributed by atoms with van der Waals surface area (Å²) in [6.45, 7) is 8.49. The number of hydrogen-bond acceptors (Lipinski definition) is 8. The number of aryl methyl sites for hydroxylation is 1. The number of aromatic nitrogens is 1. The molecule has 4 heterocycles. The van der Waals surface area contributed by atoms with Gasteiger partial charge in [0.2, 0.25) is 0 Å². The summed E-state index contributed by atoms with van der Waals surface area (Å²) in [5, 5.41) is 14.0. The van der Waals surface area contributed by atoms with Crippen LogP contribution in [0.5, 0.6) is 0 Å². The smallest absolute Gasteiger partial charge is 0.410 e. The molecule has 6 rings (SSSR count). The number of nitrogens with one attached hydrogen (secondary N) is 1. The molecule has 0 spiro atoms. The molecule has 3 N–H and O–H groups in total. The highest BCUT2D eigenvalue weighted by Crippen LogP contribution is 2.39. The SMILES string of the molecule is Cc1ccc2c(N)c(C(=O)N[C@@H]3CCc4c(C#N)c(N5CC6CCC(C5)N6C(=O)OC(C)(C)C)cc(F)c4C3)sc2n1. The maximum absolute atomic E-state index is 15.7. The van der Waals surface area contributed by atoms with Crippen molar-refractivity contribution in [2.24, 2.45) is 0 Å². The zero-order chi connectivity index (χ0) is 29.9. The molecule has 2 amide bonds. The highest BCUT2D eigenvalue weighted by molar-refractivity contribution is 7.21. The largest absolute Gasteiger partial charge is 0.444 e. The molecule has 2 saturated heterocycles. The number of thiophene rings is 1. The van der Waals surface area contributed by atoms with Gasteiger partial charge in [0.05, 0.1) is 29.0 Å². The number of halogens is 1. The van der Waals surface area contributed by atoms with E-state index in [0.717, 1.165) is 23.9 Å². The molecule has 3 aliphatic rings. The van der Waals surface area contributed by atoms with Crippen molar-refractivity contribution in [1.29, 1.82) is 5.26 Å². The van der Waals surface area contributed by atoms with Gasteiger partial charge in [-0.2, -0.15) is 5.26 Å². The summed E-state index contributed by atoms with van der Waals surface area (Å²) in [4.78, 5) is 35.6. The Morgan fingerprint density at radius 3 is 2.57 bits per heavy atom. The van der Waals surface area contributed by atoms with Crippen molar-refractivity contribution in [1.82, 2.24) is 15.2 Å². The second-order valence-electron chi connectivity index (χ2n) is 12.6. The molecule has 9 nitrogen and oxygen atoms in total. The lowest BCUT2D eigenvalue weighted by Crippen LogP contribution is -2.57. The van der Waals surface area contributed by atoms with Gasteiger partial charge in [-0.1, -0.05) is 0 Å². The number of fused-ring (bicyclic) bond motifs is 4. The third-order valence-electron chi connectivity index (χ3n) is 8.48. The molecule has 2 bridgehead atoms. The Balaban J connectivity index is 1.20. The number of piperazine rings is 1. The number of nitrogens with two attached hydrogens (primary N) is 1. The lowest BCUT2D eigenvalue weighted by molar-refractivity contribution is 0.0123. The summed E-state index contributed by atoms with van der Waals surface area (Å²) < 4.78 is 21.4. The van der Waals surface area contributed by atoms with Gasteiger partial charge >= 0.3 is 6.09 Å². The van der Waals surface area contributed by atoms with Gasteiger partial charge < -0.3 is 20.7 Å². The number of nitrogens with zero attached hydrogens (tertiary/aromatic N) is 4. The van der Waals surface area contributed by atoms with Crippen LogP contribution in [0.15, 0.2) is 18.2 Å². The van der Waals surface area contributed by atoms with Gasteiger partial charge in [-0.15, -0.1) is 11.3 Å². The molecular weight excluding hydrogens is 555 g/mol. The number of carbonyl (C=O) groups is 2. The minimum absolute atomic E-state index is 0.0516. The van der Waals surface area contributed by atoms with Crippen LogP contribution in [0.3, 0.4) is 0 Å². The molecule has 3 aromatic rings. The van der Waals surface area contributed by atoms with Crippen LogP contribution in [0.2, 0.25) is 0 Å². The molecule has 3 atom stereocenters. The number of amides is 2. The maximum atomic E-state index is 15.7. The maximum Gasteiger partial charge on any atom is 0.410 e. The third-order valence-corrected chi connectivity index (χ3v) is 9.59. The monoisotopic (exact) mass is 590 g/mol. The summed E-state index contributed by atoms with van der Waals surface area (Å²) in [7, 11) is 0. The van der Waals surface area contributed by atoms with E-state index in [4.69, 9.17) is 10.5 Å². The first-order valence-electron chi connectivity index (χ1n) is 14.4. The van der Waals surface area contributed by atoms with Crippen molar-refractivity contribution in [2.45, 2.75) is 83.5 Å². The first-order valence-corrected chi connectivity index (χ1v) is 15.2. The summed E-state index contributed by atoms with van der Waals surface area (Å²) in [5.74, 6) is -0.668. The van der Waals surface area contributed by atoms with Crippen molar-refractivity contribution in [2.75, 3.05) is 23.7 Å². The predicted molar refractivity (Wildman–Crippen MR) is 160 cm³/mol. The van der Waals surface area contributed by atoms with E-state index in [2.05, 4.69) is 21.3 Å². The van der Waals surface area contributed by atoms with Crippen LogP contribution >= 0.6 is 11.3 Å². The molecule has 2 aromatic heterocycles. The zero-order valence-corrected chi connectivity index (χ0v) is 25.1. The second-order valence-corrected chi connectivity index (χ2v) is 13.6. The molecule has 0 radical (unpaired) electrons. The average molecular weight is 591 g/mol. The summed E-state index contributed by atoms with van der Waals surface area (Å²) in [6, 6.07) is 7.15. The standard InChI is InChI=1S/C31H35FN6O3S/c1-16-5-9-21-26(34)27(42-29(21)35-16)28(39)36-17-6-10-20-22(11-17)24(32)12-25(23(20)13-33)37-14-18-7-8-19(15-37)38(18)30(40)41-31(2,3)4/h5,9,12,17-19H,6-8,10-11,14-15,34H2,1-4H3,(H,36,39)/t17-,18?,19?/m1/s1. The van der Waals surface area contributed by atoms with Gasteiger partial charge in [0, 0.05) is 30.2 Å². The van der Waals surface area contributed by atoms with E-state index in [0.29, 0.717) is 70.1 Å². The Morgan fingerprint density at radius 1 is 1.19 bits per heavy atom. The first-order chi connectivity index (χ1) is 19.9. The fourth-order valence-corrected chi connectivity index (χ4v) is 7.65. The quantitative estimate of drug-likeness (QED) is 0.436. The van der Waals surface area contributed by atoms with Crippen LogP contribution < -0.4 is 16.0 Å². The molecule has 0 saturated carbocycles. The van der Waals surface area contributed by atoms with E-state index in [9.17, 15) is 14.9 Å². The van der Waals surface area contributed by atoms with Gasteiger partial charge in [-0.05, 0) is 89.1 Å². The number of pyridine rings is 1.